The van der Waals surface area contributed by atoms with Crippen LogP contribution in [-0.2, 0) is 4.79 Å². The lowest BCUT2D eigenvalue weighted by Gasteiger charge is -2.23. The number of para-hydroxylation sites is 1. The molecule has 0 aliphatic carbocycles. The molecule has 2 atom stereocenters. The number of fused-ring (bicyclic) bond motifs is 1. The summed E-state index contributed by atoms with van der Waals surface area (Å²) in [6.45, 7) is 3.03. The highest BCUT2D eigenvalue weighted by Crippen LogP contribution is 2.33. The molecule has 0 amide bonds. The number of rotatable bonds is 4. The first kappa shape index (κ1) is 11.9. The lowest BCUT2D eigenvalue weighted by molar-refractivity contribution is -0.142. The number of aliphatic carboxylic acids is 1. The van der Waals surface area contributed by atoms with E-state index in [4.69, 9.17) is 9.84 Å². The molecule has 0 spiro atoms. The molecule has 1 aliphatic heterocycles. The monoisotopic (exact) mass is 235 g/mol. The molecular formula is C13H17NO3. The second kappa shape index (κ2) is 4.75. The Kier molecular flexibility index (Phi) is 3.33. The molecule has 1 aliphatic rings. The summed E-state index contributed by atoms with van der Waals surface area (Å²) in [5, 5.41) is 8.95. The lowest BCUT2D eigenvalue weighted by atomic mass is 10.0. The van der Waals surface area contributed by atoms with Crippen molar-refractivity contribution in [1.29, 1.82) is 0 Å². The highest BCUT2D eigenvalue weighted by Gasteiger charge is 2.27. The van der Waals surface area contributed by atoms with Crippen LogP contribution in [0.4, 0.5) is 0 Å². The minimum absolute atomic E-state index is 0.262. The largest absolute Gasteiger partial charge is 0.493 e. The third-order valence-corrected chi connectivity index (χ3v) is 3.33. The van der Waals surface area contributed by atoms with Gasteiger partial charge >= 0.3 is 5.97 Å². The van der Waals surface area contributed by atoms with E-state index in [0.717, 1.165) is 5.75 Å². The Morgan fingerprint density at radius 1 is 1.59 bits per heavy atom. The Balaban J connectivity index is 2.04. The average molecular weight is 235 g/mol. The van der Waals surface area contributed by atoms with Gasteiger partial charge in [0, 0.05) is 18.0 Å². The molecule has 4 heteroatoms. The van der Waals surface area contributed by atoms with Crippen LogP contribution >= 0.6 is 0 Å². The SMILES string of the molecule is CC(C(=O)O)N(C)CC1COc2ccccc21. The maximum atomic E-state index is 10.9. The third-order valence-electron chi connectivity index (χ3n) is 3.33. The first-order valence-electron chi connectivity index (χ1n) is 5.74. The number of carbonyl (C=O) groups is 1. The maximum Gasteiger partial charge on any atom is 0.320 e. The van der Waals surface area contributed by atoms with Crippen LogP contribution in [0.3, 0.4) is 0 Å². The Morgan fingerprint density at radius 3 is 3.00 bits per heavy atom. The van der Waals surface area contributed by atoms with Crippen LogP contribution in [0.15, 0.2) is 24.3 Å². The number of carboxylic acid groups (broad SMARTS) is 1. The molecule has 0 radical (unpaired) electrons. The van der Waals surface area contributed by atoms with Gasteiger partial charge in [0.2, 0.25) is 0 Å². The number of carboxylic acids is 1. The number of hydrogen-bond acceptors (Lipinski definition) is 3. The highest BCUT2D eigenvalue weighted by molar-refractivity contribution is 5.72. The van der Waals surface area contributed by atoms with Gasteiger partial charge in [-0.1, -0.05) is 18.2 Å². The van der Waals surface area contributed by atoms with Gasteiger partial charge in [-0.25, -0.2) is 0 Å². The van der Waals surface area contributed by atoms with Crippen molar-refractivity contribution in [1.82, 2.24) is 4.90 Å². The molecule has 0 saturated carbocycles. The van der Waals surface area contributed by atoms with Crippen LogP contribution in [-0.4, -0.2) is 42.2 Å². The standard InChI is InChI=1S/C13H17NO3/c1-9(13(15)16)14(2)7-10-8-17-12-6-4-3-5-11(10)12/h3-6,9-10H,7-8H2,1-2H3,(H,15,16). The van der Waals surface area contributed by atoms with Crippen LogP contribution in [0.1, 0.15) is 18.4 Å². The molecule has 2 unspecified atom stereocenters. The fraction of sp³-hybridized carbons (Fsp3) is 0.462. The van der Waals surface area contributed by atoms with Crippen molar-refractivity contribution in [3.63, 3.8) is 0 Å². The van der Waals surface area contributed by atoms with Gasteiger partial charge in [0.25, 0.3) is 0 Å². The number of hydrogen-bond donors (Lipinski definition) is 1. The molecule has 0 bridgehead atoms. The van der Waals surface area contributed by atoms with E-state index < -0.39 is 12.0 Å². The van der Waals surface area contributed by atoms with Crippen molar-refractivity contribution < 1.29 is 14.6 Å². The Hall–Kier alpha value is -1.55. The van der Waals surface area contributed by atoms with Gasteiger partial charge in [0.15, 0.2) is 0 Å². The van der Waals surface area contributed by atoms with Crippen LogP contribution in [0.2, 0.25) is 0 Å². The van der Waals surface area contributed by atoms with Crippen molar-refractivity contribution in [3.8, 4) is 5.75 Å². The summed E-state index contributed by atoms with van der Waals surface area (Å²) in [4.78, 5) is 12.7. The van der Waals surface area contributed by atoms with Gasteiger partial charge in [-0.2, -0.15) is 0 Å². The van der Waals surface area contributed by atoms with Gasteiger partial charge in [0.05, 0.1) is 6.61 Å². The van der Waals surface area contributed by atoms with Crippen LogP contribution in [0, 0.1) is 0 Å². The summed E-state index contributed by atoms with van der Waals surface area (Å²) < 4.78 is 5.58. The fourth-order valence-corrected chi connectivity index (χ4v) is 2.07. The second-order valence-corrected chi connectivity index (χ2v) is 4.50. The van der Waals surface area contributed by atoms with Crippen molar-refractivity contribution in [3.05, 3.63) is 29.8 Å². The van der Waals surface area contributed by atoms with E-state index in [-0.39, 0.29) is 5.92 Å². The zero-order valence-electron chi connectivity index (χ0n) is 10.1. The summed E-state index contributed by atoms with van der Waals surface area (Å²) >= 11 is 0. The number of nitrogens with zero attached hydrogens (tertiary/aromatic N) is 1. The fourth-order valence-electron chi connectivity index (χ4n) is 2.07. The average Bonchev–Trinajstić information content (AvgIpc) is 2.71. The molecule has 0 saturated heterocycles. The first-order valence-corrected chi connectivity index (χ1v) is 5.74. The van der Waals surface area contributed by atoms with E-state index in [1.54, 1.807) is 6.92 Å². The lowest BCUT2D eigenvalue weighted by Crippen LogP contribution is -2.38. The van der Waals surface area contributed by atoms with Gasteiger partial charge < -0.3 is 9.84 Å². The molecule has 17 heavy (non-hydrogen) atoms. The minimum Gasteiger partial charge on any atom is -0.493 e. The predicted octanol–water partition coefficient (Wildman–Crippen LogP) is 1.57. The van der Waals surface area contributed by atoms with Gasteiger partial charge in [-0.15, -0.1) is 0 Å². The van der Waals surface area contributed by atoms with E-state index >= 15 is 0 Å². The maximum absolute atomic E-state index is 10.9. The van der Waals surface area contributed by atoms with Gasteiger partial charge in [-0.05, 0) is 20.0 Å². The molecule has 1 heterocycles. The summed E-state index contributed by atoms with van der Waals surface area (Å²) in [7, 11) is 1.83. The molecule has 1 N–H and O–H groups in total. The summed E-state index contributed by atoms with van der Waals surface area (Å²) in [6.07, 6.45) is 0. The van der Waals surface area contributed by atoms with E-state index in [0.29, 0.717) is 13.2 Å². The Bertz CT molecular complexity index is 419. The van der Waals surface area contributed by atoms with Crippen LogP contribution in [0.5, 0.6) is 5.75 Å². The molecule has 4 nitrogen and oxygen atoms in total. The van der Waals surface area contributed by atoms with Crippen molar-refractivity contribution in [2.45, 2.75) is 18.9 Å². The zero-order valence-corrected chi connectivity index (χ0v) is 10.1. The van der Waals surface area contributed by atoms with E-state index in [2.05, 4.69) is 0 Å². The first-order chi connectivity index (χ1) is 8.09. The van der Waals surface area contributed by atoms with Crippen LogP contribution < -0.4 is 4.74 Å². The summed E-state index contributed by atoms with van der Waals surface area (Å²) in [5.41, 5.74) is 1.18. The van der Waals surface area contributed by atoms with E-state index in [9.17, 15) is 4.79 Å². The zero-order chi connectivity index (χ0) is 12.4. The summed E-state index contributed by atoms with van der Waals surface area (Å²) in [6, 6.07) is 7.47. The molecule has 1 aromatic carbocycles. The predicted molar refractivity (Wildman–Crippen MR) is 64.4 cm³/mol. The highest BCUT2D eigenvalue weighted by atomic mass is 16.5. The minimum atomic E-state index is -0.792. The Labute approximate surface area is 101 Å². The molecule has 0 fully saturated rings. The third kappa shape index (κ3) is 2.42. The smallest absolute Gasteiger partial charge is 0.320 e. The molecule has 92 valence electrons. The topological polar surface area (TPSA) is 49.8 Å². The summed E-state index contributed by atoms with van der Waals surface area (Å²) in [5.74, 6) is 0.395. The van der Waals surface area contributed by atoms with E-state index in [1.807, 2.05) is 36.2 Å². The number of benzene rings is 1. The molecule has 0 aromatic heterocycles. The van der Waals surface area contributed by atoms with Crippen molar-refractivity contribution in [2.24, 2.45) is 0 Å². The van der Waals surface area contributed by atoms with Crippen molar-refractivity contribution >= 4 is 5.97 Å². The molecular weight excluding hydrogens is 218 g/mol. The molecule has 1 aromatic rings. The van der Waals surface area contributed by atoms with Crippen LogP contribution in [0.25, 0.3) is 0 Å². The van der Waals surface area contributed by atoms with Gasteiger partial charge in [-0.3, -0.25) is 9.69 Å². The quantitative estimate of drug-likeness (QED) is 0.860. The van der Waals surface area contributed by atoms with Crippen molar-refractivity contribution in [2.75, 3.05) is 20.2 Å². The second-order valence-electron chi connectivity index (χ2n) is 4.50. The Morgan fingerprint density at radius 2 is 2.29 bits per heavy atom. The number of ether oxygens (including phenoxy) is 1. The number of likely N-dealkylation sites (N-methyl/N-ethyl adjacent to an activating group) is 1. The van der Waals surface area contributed by atoms with Gasteiger partial charge in [0.1, 0.15) is 11.8 Å². The molecule has 2 rings (SSSR count). The van der Waals surface area contributed by atoms with E-state index in [1.165, 1.54) is 5.56 Å². The normalized spacial score (nSPS) is 19.8.